The van der Waals surface area contributed by atoms with E-state index in [0.29, 0.717) is 8.58 Å². The summed E-state index contributed by atoms with van der Waals surface area (Å²) in [4.78, 5) is 4.73. The van der Waals surface area contributed by atoms with Crippen LogP contribution < -0.4 is 15.3 Å². The highest BCUT2D eigenvalue weighted by Gasteiger charge is 2.26. The third-order valence-corrected chi connectivity index (χ3v) is 7.33. The van der Waals surface area contributed by atoms with Crippen molar-refractivity contribution >= 4 is 31.1 Å². The van der Waals surface area contributed by atoms with Crippen LogP contribution in [0.25, 0.3) is 0 Å². The molecule has 34 heavy (non-hydrogen) atoms. The standard InChI is InChI=1S/C30H38NO2P/c1-21-13-12-14-22(19-31-24-15-10-9-11-16-24)28(21)34-26-18-23(29(2,3)4)17-25(30(5,6)7)27(26)33-20-32-8/h9-19,34H,20H2,1-8H3. The van der Waals surface area contributed by atoms with Crippen LogP contribution in [0.5, 0.6) is 5.75 Å². The summed E-state index contributed by atoms with van der Waals surface area (Å²) in [5, 5.41) is 2.49. The molecule has 0 N–H and O–H groups in total. The largest absolute Gasteiger partial charge is 0.467 e. The summed E-state index contributed by atoms with van der Waals surface area (Å²) >= 11 is 0. The van der Waals surface area contributed by atoms with Gasteiger partial charge in [0.25, 0.3) is 0 Å². The predicted octanol–water partition coefficient (Wildman–Crippen LogP) is 6.95. The van der Waals surface area contributed by atoms with Crippen LogP contribution in [0.3, 0.4) is 0 Å². The second-order valence-electron chi connectivity index (χ2n) is 10.7. The minimum atomic E-state index is -0.0626. The van der Waals surface area contributed by atoms with Gasteiger partial charge in [-0.1, -0.05) is 92.6 Å². The third kappa shape index (κ3) is 6.56. The maximum atomic E-state index is 6.24. The minimum absolute atomic E-state index is 0.0301. The Bertz CT molecular complexity index is 1140. The summed E-state index contributed by atoms with van der Waals surface area (Å²) in [7, 11) is 2.10. The Hall–Kier alpha value is -2.48. The van der Waals surface area contributed by atoms with Gasteiger partial charge < -0.3 is 9.47 Å². The first-order valence-electron chi connectivity index (χ1n) is 11.8. The van der Waals surface area contributed by atoms with Crippen molar-refractivity contribution in [2.45, 2.75) is 59.3 Å². The van der Waals surface area contributed by atoms with Gasteiger partial charge in [0.05, 0.1) is 5.69 Å². The Morgan fingerprint density at radius 1 is 0.882 bits per heavy atom. The van der Waals surface area contributed by atoms with Crippen LogP contribution in [0, 0.1) is 6.92 Å². The Kier molecular flexibility index (Phi) is 8.34. The monoisotopic (exact) mass is 475 g/mol. The zero-order valence-electron chi connectivity index (χ0n) is 21.8. The first-order valence-corrected chi connectivity index (χ1v) is 12.8. The summed E-state index contributed by atoms with van der Waals surface area (Å²) in [6, 6.07) is 21.1. The lowest BCUT2D eigenvalue weighted by Crippen LogP contribution is -2.24. The van der Waals surface area contributed by atoms with Gasteiger partial charge in [-0.2, -0.15) is 0 Å². The van der Waals surface area contributed by atoms with E-state index in [-0.39, 0.29) is 17.6 Å². The van der Waals surface area contributed by atoms with Crippen molar-refractivity contribution in [2.24, 2.45) is 4.99 Å². The zero-order chi connectivity index (χ0) is 24.9. The van der Waals surface area contributed by atoms with Crippen molar-refractivity contribution in [2.75, 3.05) is 13.9 Å². The van der Waals surface area contributed by atoms with Crippen molar-refractivity contribution in [1.29, 1.82) is 0 Å². The quantitative estimate of drug-likeness (QED) is 0.210. The first-order chi connectivity index (χ1) is 16.0. The maximum absolute atomic E-state index is 6.24. The number of benzene rings is 3. The number of rotatable bonds is 7. The lowest BCUT2D eigenvalue weighted by molar-refractivity contribution is 0.0506. The molecule has 180 valence electrons. The normalized spacial score (nSPS) is 12.7. The Morgan fingerprint density at radius 2 is 1.59 bits per heavy atom. The van der Waals surface area contributed by atoms with Gasteiger partial charge in [0.2, 0.25) is 0 Å². The molecular formula is C30H38NO2P. The molecule has 0 saturated carbocycles. The van der Waals surface area contributed by atoms with Crippen LogP contribution in [0.2, 0.25) is 0 Å². The van der Waals surface area contributed by atoms with E-state index >= 15 is 0 Å². The molecule has 3 aromatic rings. The van der Waals surface area contributed by atoms with E-state index in [1.54, 1.807) is 7.11 Å². The lowest BCUT2D eigenvalue weighted by Gasteiger charge is -2.29. The summed E-state index contributed by atoms with van der Waals surface area (Å²) < 4.78 is 11.6. The Labute approximate surface area is 207 Å². The average Bonchev–Trinajstić information content (AvgIpc) is 2.77. The van der Waals surface area contributed by atoms with E-state index in [1.807, 2.05) is 36.5 Å². The van der Waals surface area contributed by atoms with E-state index in [0.717, 1.165) is 17.0 Å². The maximum Gasteiger partial charge on any atom is 0.188 e. The molecule has 0 bridgehead atoms. The fourth-order valence-electron chi connectivity index (χ4n) is 3.75. The highest BCUT2D eigenvalue weighted by molar-refractivity contribution is 7.56. The van der Waals surface area contributed by atoms with Gasteiger partial charge in [-0.05, 0) is 52.4 Å². The van der Waals surface area contributed by atoms with Crippen molar-refractivity contribution in [3.05, 3.63) is 82.9 Å². The number of aryl methyl sites for hydroxylation is 1. The molecule has 0 saturated heterocycles. The molecule has 3 nitrogen and oxygen atoms in total. The molecule has 3 aromatic carbocycles. The van der Waals surface area contributed by atoms with Gasteiger partial charge in [-0.25, -0.2) is 0 Å². The zero-order valence-corrected chi connectivity index (χ0v) is 22.8. The first kappa shape index (κ1) is 26.1. The molecular weight excluding hydrogens is 437 g/mol. The Balaban J connectivity index is 2.15. The van der Waals surface area contributed by atoms with Gasteiger partial charge >= 0.3 is 0 Å². The molecule has 0 spiro atoms. The average molecular weight is 476 g/mol. The van der Waals surface area contributed by atoms with E-state index < -0.39 is 0 Å². The van der Waals surface area contributed by atoms with E-state index in [2.05, 4.69) is 78.8 Å². The third-order valence-electron chi connectivity index (χ3n) is 5.76. The van der Waals surface area contributed by atoms with Crippen LogP contribution in [-0.2, 0) is 15.6 Å². The van der Waals surface area contributed by atoms with Gasteiger partial charge in [0.15, 0.2) is 6.79 Å². The highest BCUT2D eigenvalue weighted by atomic mass is 31.1. The molecule has 0 amide bonds. The van der Waals surface area contributed by atoms with Crippen LogP contribution >= 0.6 is 8.58 Å². The molecule has 0 aliphatic rings. The van der Waals surface area contributed by atoms with Crippen LogP contribution in [-0.4, -0.2) is 20.1 Å². The van der Waals surface area contributed by atoms with Crippen LogP contribution in [0.4, 0.5) is 5.69 Å². The van der Waals surface area contributed by atoms with E-state index in [1.165, 1.54) is 27.3 Å². The Morgan fingerprint density at radius 3 is 2.21 bits per heavy atom. The molecule has 0 radical (unpaired) electrons. The molecule has 0 aliphatic carbocycles. The molecule has 0 aliphatic heterocycles. The van der Waals surface area contributed by atoms with Gasteiger partial charge in [-0.15, -0.1) is 0 Å². The van der Waals surface area contributed by atoms with Gasteiger partial charge in [0, 0.05) is 29.8 Å². The number of hydrogen-bond donors (Lipinski definition) is 0. The molecule has 1 atom stereocenters. The second kappa shape index (κ2) is 10.8. The van der Waals surface area contributed by atoms with Crippen molar-refractivity contribution in [1.82, 2.24) is 0 Å². The predicted molar refractivity (Wildman–Crippen MR) is 149 cm³/mol. The molecule has 0 fully saturated rings. The number of aliphatic imine (C=N–C) groups is 1. The van der Waals surface area contributed by atoms with E-state index in [9.17, 15) is 0 Å². The number of para-hydroxylation sites is 1. The van der Waals surface area contributed by atoms with E-state index in [4.69, 9.17) is 14.5 Å². The smallest absolute Gasteiger partial charge is 0.188 e. The van der Waals surface area contributed by atoms with Crippen LogP contribution in [0.1, 0.15) is 63.8 Å². The number of methoxy groups -OCH3 is 1. The molecule has 4 heteroatoms. The van der Waals surface area contributed by atoms with Gasteiger partial charge in [-0.3, -0.25) is 4.99 Å². The fraction of sp³-hybridized carbons (Fsp3) is 0.367. The van der Waals surface area contributed by atoms with Crippen molar-refractivity contribution < 1.29 is 9.47 Å². The van der Waals surface area contributed by atoms with Crippen LogP contribution in [0.15, 0.2) is 65.7 Å². The number of hydrogen-bond acceptors (Lipinski definition) is 3. The number of ether oxygens (including phenoxy) is 2. The number of nitrogens with zero attached hydrogens (tertiary/aromatic N) is 1. The summed E-state index contributed by atoms with van der Waals surface area (Å²) in [5.41, 5.74) is 5.84. The fourth-order valence-corrected chi connectivity index (χ4v) is 5.14. The van der Waals surface area contributed by atoms with Crippen molar-refractivity contribution in [3.8, 4) is 5.75 Å². The second-order valence-corrected chi connectivity index (χ2v) is 12.0. The molecule has 3 rings (SSSR count). The summed E-state index contributed by atoms with van der Waals surface area (Å²) in [6.07, 6.45) is 1.98. The SMILES string of the molecule is COCOc1c(Pc2c(C)cccc2C=Nc2ccccc2)cc(C(C)(C)C)cc1C(C)(C)C. The minimum Gasteiger partial charge on any atom is -0.467 e. The summed E-state index contributed by atoms with van der Waals surface area (Å²) in [6.45, 7) is 15.9. The van der Waals surface area contributed by atoms with Gasteiger partial charge in [0.1, 0.15) is 5.75 Å². The lowest BCUT2D eigenvalue weighted by atomic mass is 9.80. The summed E-state index contributed by atoms with van der Waals surface area (Å²) in [5.74, 6) is 0.940. The van der Waals surface area contributed by atoms with Crippen molar-refractivity contribution in [3.63, 3.8) is 0 Å². The highest BCUT2D eigenvalue weighted by Crippen LogP contribution is 2.37. The molecule has 0 aromatic heterocycles. The molecule has 0 heterocycles. The molecule has 1 unspecified atom stereocenters. The topological polar surface area (TPSA) is 30.8 Å².